The fourth-order valence-corrected chi connectivity index (χ4v) is 4.23. The Kier molecular flexibility index (Phi) is 7.36. The second kappa shape index (κ2) is 10.6. The minimum absolute atomic E-state index is 0.0881. The summed E-state index contributed by atoms with van der Waals surface area (Å²) < 4.78 is 20.6. The van der Waals surface area contributed by atoms with E-state index in [0.29, 0.717) is 28.4 Å². The number of hydrogen-bond donors (Lipinski definition) is 1. The maximum Gasteiger partial charge on any atom is 0.196 e. The van der Waals surface area contributed by atoms with Gasteiger partial charge in [0.15, 0.2) is 11.0 Å². The maximum absolute atomic E-state index is 13.0. The van der Waals surface area contributed by atoms with Crippen molar-refractivity contribution in [2.75, 3.05) is 12.4 Å². The molecule has 2 aromatic heterocycles. The van der Waals surface area contributed by atoms with Gasteiger partial charge in [0.05, 0.1) is 11.8 Å². The number of para-hydroxylation sites is 1. The van der Waals surface area contributed by atoms with Crippen LogP contribution in [0.3, 0.4) is 0 Å². The van der Waals surface area contributed by atoms with Crippen LogP contribution in [-0.4, -0.2) is 43.3 Å². The van der Waals surface area contributed by atoms with Crippen LogP contribution in [0.15, 0.2) is 78.2 Å². The number of ether oxygens (including phenoxy) is 1. The van der Waals surface area contributed by atoms with Gasteiger partial charge < -0.3 is 9.84 Å². The number of benzene rings is 2. The molecule has 1 atom stereocenters. The molecule has 1 N–H and O–H groups in total. The lowest BCUT2D eigenvalue weighted by Gasteiger charge is -2.17. The highest BCUT2D eigenvalue weighted by atomic mass is 32.2. The highest BCUT2D eigenvalue weighted by Crippen LogP contribution is 2.32. The van der Waals surface area contributed by atoms with Crippen LogP contribution >= 0.6 is 11.8 Å². The SMILES string of the molecule is CC(C)c1ccccc1-n1c(SCC(O)COc2ccc(F)cc2)nnc1-c1cccnc1. The Hall–Kier alpha value is -3.23. The summed E-state index contributed by atoms with van der Waals surface area (Å²) in [6, 6.07) is 17.7. The molecule has 2 aromatic carbocycles. The first-order chi connectivity index (χ1) is 16.0. The van der Waals surface area contributed by atoms with Crippen LogP contribution in [-0.2, 0) is 0 Å². The molecule has 0 radical (unpaired) electrons. The van der Waals surface area contributed by atoms with Crippen molar-refractivity contribution in [3.05, 3.63) is 84.4 Å². The minimum atomic E-state index is -0.743. The van der Waals surface area contributed by atoms with E-state index >= 15 is 0 Å². The molecule has 0 amide bonds. The smallest absolute Gasteiger partial charge is 0.196 e. The lowest BCUT2D eigenvalue weighted by Crippen LogP contribution is -2.20. The molecule has 0 bridgehead atoms. The summed E-state index contributed by atoms with van der Waals surface area (Å²) in [5.74, 6) is 1.53. The number of halogens is 1. The van der Waals surface area contributed by atoms with Gasteiger partial charge in [-0.1, -0.05) is 43.8 Å². The Morgan fingerprint density at radius 2 is 1.82 bits per heavy atom. The lowest BCUT2D eigenvalue weighted by atomic mass is 10.0. The Labute approximate surface area is 196 Å². The van der Waals surface area contributed by atoms with Gasteiger partial charge in [-0.2, -0.15) is 0 Å². The lowest BCUT2D eigenvalue weighted by molar-refractivity contribution is 0.126. The van der Waals surface area contributed by atoms with Crippen LogP contribution in [0.1, 0.15) is 25.3 Å². The molecule has 0 fully saturated rings. The third-order valence-electron chi connectivity index (χ3n) is 5.01. The fourth-order valence-electron chi connectivity index (χ4n) is 3.38. The molecule has 170 valence electrons. The predicted octanol–water partition coefficient (Wildman–Crippen LogP) is 5.12. The van der Waals surface area contributed by atoms with Crippen molar-refractivity contribution >= 4 is 11.8 Å². The van der Waals surface area contributed by atoms with Gasteiger partial charge in [-0.05, 0) is 53.9 Å². The number of aliphatic hydroxyl groups is 1. The summed E-state index contributed by atoms with van der Waals surface area (Å²) in [7, 11) is 0. The van der Waals surface area contributed by atoms with Crippen LogP contribution < -0.4 is 4.74 Å². The average Bonchev–Trinajstić information content (AvgIpc) is 3.26. The van der Waals surface area contributed by atoms with Crippen LogP contribution in [0.5, 0.6) is 5.75 Å². The summed E-state index contributed by atoms with van der Waals surface area (Å²) in [5.41, 5.74) is 3.02. The molecule has 0 spiro atoms. The first-order valence-corrected chi connectivity index (χ1v) is 11.7. The van der Waals surface area contributed by atoms with E-state index in [2.05, 4.69) is 41.2 Å². The third kappa shape index (κ3) is 5.58. The second-order valence-corrected chi connectivity index (χ2v) is 8.81. The van der Waals surface area contributed by atoms with Gasteiger partial charge in [0, 0.05) is 23.7 Å². The quantitative estimate of drug-likeness (QED) is 0.347. The van der Waals surface area contributed by atoms with Crippen molar-refractivity contribution in [2.24, 2.45) is 0 Å². The van der Waals surface area contributed by atoms with E-state index in [-0.39, 0.29) is 12.4 Å². The predicted molar refractivity (Wildman–Crippen MR) is 127 cm³/mol. The average molecular weight is 465 g/mol. The molecule has 0 aliphatic carbocycles. The van der Waals surface area contributed by atoms with Gasteiger partial charge in [-0.25, -0.2) is 4.39 Å². The fraction of sp³-hybridized carbons (Fsp3) is 0.240. The summed E-state index contributed by atoms with van der Waals surface area (Å²) in [5, 5.41) is 20.0. The molecule has 0 aliphatic rings. The minimum Gasteiger partial charge on any atom is -0.491 e. The Bertz CT molecular complexity index is 1180. The summed E-state index contributed by atoms with van der Waals surface area (Å²) >= 11 is 1.40. The van der Waals surface area contributed by atoms with Gasteiger partial charge in [0.2, 0.25) is 0 Å². The normalized spacial score (nSPS) is 12.2. The van der Waals surface area contributed by atoms with Crippen LogP contribution in [0, 0.1) is 5.82 Å². The highest BCUT2D eigenvalue weighted by molar-refractivity contribution is 7.99. The van der Waals surface area contributed by atoms with Gasteiger partial charge >= 0.3 is 0 Å². The van der Waals surface area contributed by atoms with E-state index in [4.69, 9.17) is 4.74 Å². The zero-order valence-corrected chi connectivity index (χ0v) is 19.2. The summed E-state index contributed by atoms with van der Waals surface area (Å²) in [6.07, 6.45) is 2.74. The molecule has 8 heteroatoms. The molecule has 4 aromatic rings. The summed E-state index contributed by atoms with van der Waals surface area (Å²) in [4.78, 5) is 4.23. The van der Waals surface area contributed by atoms with Crippen molar-refractivity contribution < 1.29 is 14.2 Å². The molecule has 6 nitrogen and oxygen atoms in total. The van der Waals surface area contributed by atoms with Gasteiger partial charge in [0.25, 0.3) is 0 Å². The number of thioether (sulfide) groups is 1. The van der Waals surface area contributed by atoms with Crippen LogP contribution in [0.4, 0.5) is 4.39 Å². The topological polar surface area (TPSA) is 73.1 Å². The van der Waals surface area contributed by atoms with E-state index in [1.807, 2.05) is 28.8 Å². The highest BCUT2D eigenvalue weighted by Gasteiger charge is 2.20. The first-order valence-electron chi connectivity index (χ1n) is 10.7. The number of aromatic nitrogens is 4. The molecule has 33 heavy (non-hydrogen) atoms. The number of pyridine rings is 1. The Morgan fingerprint density at radius 3 is 2.55 bits per heavy atom. The van der Waals surface area contributed by atoms with E-state index in [9.17, 15) is 9.50 Å². The van der Waals surface area contributed by atoms with Crippen molar-refractivity contribution in [3.63, 3.8) is 0 Å². The van der Waals surface area contributed by atoms with Gasteiger partial charge in [-0.3, -0.25) is 9.55 Å². The zero-order chi connectivity index (χ0) is 23.2. The van der Waals surface area contributed by atoms with Crippen molar-refractivity contribution in [1.29, 1.82) is 0 Å². The molecule has 1 unspecified atom stereocenters. The monoisotopic (exact) mass is 464 g/mol. The molecule has 0 saturated heterocycles. The maximum atomic E-state index is 13.0. The van der Waals surface area contributed by atoms with Crippen molar-refractivity contribution in [1.82, 2.24) is 19.7 Å². The largest absolute Gasteiger partial charge is 0.491 e. The van der Waals surface area contributed by atoms with Gasteiger partial charge in [-0.15, -0.1) is 10.2 Å². The standard InChI is InChI=1S/C25H25FN4O2S/c1-17(2)22-7-3-4-8-23(22)30-24(18-6-5-13-27-14-18)28-29-25(30)33-16-20(31)15-32-21-11-9-19(26)10-12-21/h3-14,17,20,31H,15-16H2,1-2H3. The molecular weight excluding hydrogens is 439 g/mol. The van der Waals surface area contributed by atoms with E-state index in [1.165, 1.54) is 41.6 Å². The van der Waals surface area contributed by atoms with Crippen molar-refractivity contribution in [2.45, 2.75) is 31.0 Å². The van der Waals surface area contributed by atoms with E-state index in [0.717, 1.165) is 11.3 Å². The number of nitrogens with zero attached hydrogens (tertiary/aromatic N) is 4. The van der Waals surface area contributed by atoms with Crippen molar-refractivity contribution in [3.8, 4) is 22.8 Å². The number of rotatable bonds is 9. The zero-order valence-electron chi connectivity index (χ0n) is 18.4. The number of aliphatic hydroxyl groups excluding tert-OH is 1. The van der Waals surface area contributed by atoms with E-state index in [1.54, 1.807) is 12.4 Å². The molecular formula is C25H25FN4O2S. The van der Waals surface area contributed by atoms with Crippen LogP contribution in [0.2, 0.25) is 0 Å². The third-order valence-corrected chi connectivity index (χ3v) is 6.09. The molecule has 0 saturated carbocycles. The first kappa shape index (κ1) is 22.9. The molecule has 2 heterocycles. The second-order valence-electron chi connectivity index (χ2n) is 7.83. The molecule has 4 rings (SSSR count). The molecule has 0 aliphatic heterocycles. The Morgan fingerprint density at radius 1 is 1.03 bits per heavy atom. The van der Waals surface area contributed by atoms with Crippen LogP contribution in [0.25, 0.3) is 17.1 Å². The van der Waals surface area contributed by atoms with Gasteiger partial charge in [0.1, 0.15) is 18.2 Å². The Balaban J connectivity index is 1.57. The van der Waals surface area contributed by atoms with E-state index < -0.39 is 6.10 Å². The summed E-state index contributed by atoms with van der Waals surface area (Å²) in [6.45, 7) is 4.39. The number of hydrogen-bond acceptors (Lipinski definition) is 6.